The number of aromatic nitrogens is 3. The number of nitrogens with one attached hydrogen (secondary N) is 2. The summed E-state index contributed by atoms with van der Waals surface area (Å²) in [7, 11) is -2.91. The Kier molecular flexibility index (Phi) is 9.76. The van der Waals surface area contributed by atoms with Crippen LogP contribution in [0.4, 0.5) is 13.2 Å². The molecule has 0 fully saturated rings. The fraction of sp³-hybridized carbons (Fsp3) is 0.483. The fourth-order valence-corrected chi connectivity index (χ4v) is 5.50. The molecule has 0 radical (unpaired) electrons. The number of amides is 1. The number of ketones is 1. The quantitative estimate of drug-likeness (QED) is 0.261. The van der Waals surface area contributed by atoms with Crippen molar-refractivity contribution in [2.24, 2.45) is 5.92 Å². The number of fused-ring (bicyclic) bond motifs is 1. The number of Topliss-reactive ketones (excluding diaryl/α,β-unsaturated/α-hetero) is 1. The smallest absolute Gasteiger partial charge is 0.404 e. The van der Waals surface area contributed by atoms with E-state index < -0.39 is 84.7 Å². The average molecular weight is 623 g/mol. The molecule has 2 atom stereocenters. The van der Waals surface area contributed by atoms with Gasteiger partial charge in [0, 0.05) is 11.8 Å². The summed E-state index contributed by atoms with van der Waals surface area (Å²) in [5, 5.41) is 1.68. The zero-order valence-electron chi connectivity index (χ0n) is 25.2. The Labute approximate surface area is 247 Å². The molecule has 2 N–H and O–H groups in total. The molecule has 0 bridgehead atoms. The van der Waals surface area contributed by atoms with Crippen LogP contribution in [0.15, 0.2) is 57.0 Å². The molecule has 2 unspecified atom stereocenters. The number of pyridine rings is 1. The van der Waals surface area contributed by atoms with Crippen molar-refractivity contribution in [2.75, 3.05) is 0 Å². The second kappa shape index (κ2) is 12.4. The third-order valence-corrected chi connectivity index (χ3v) is 12.2. The Morgan fingerprint density at radius 2 is 1.58 bits per heavy atom. The van der Waals surface area contributed by atoms with E-state index >= 15 is 0 Å². The lowest BCUT2D eigenvalue weighted by Gasteiger charge is -2.42. The van der Waals surface area contributed by atoms with Crippen LogP contribution in [-0.2, 0) is 22.3 Å². The second-order valence-corrected chi connectivity index (χ2v) is 17.1. The molecule has 43 heavy (non-hydrogen) atoms. The molecular weight excluding hydrogens is 585 g/mol. The van der Waals surface area contributed by atoms with Crippen LogP contribution in [0.5, 0.6) is 0 Å². The third kappa shape index (κ3) is 7.60. The summed E-state index contributed by atoms with van der Waals surface area (Å²) in [6.07, 6.45) is -5.93. The minimum atomic E-state index is -4.78. The summed E-state index contributed by atoms with van der Waals surface area (Å²) in [5.41, 5.74) is -2.90. The molecule has 2 heterocycles. The zero-order valence-corrected chi connectivity index (χ0v) is 26.2. The largest absolute Gasteiger partial charge is 0.415 e. The SMILES string of the molecule is CC(C)C(NC(=O)Cn1ccc2c(=O)n(CC(=O)c3ccccc3)c(=O)[nH]c2c1=O)C(O[Si](C)(C)C(C)(C)C)C(F)(F)F. The summed E-state index contributed by atoms with van der Waals surface area (Å²) < 4.78 is 50.0. The van der Waals surface area contributed by atoms with Gasteiger partial charge in [0.1, 0.15) is 12.1 Å². The Balaban J connectivity index is 1.90. The summed E-state index contributed by atoms with van der Waals surface area (Å²) in [5.74, 6) is -2.06. The highest BCUT2D eigenvalue weighted by atomic mass is 28.4. The van der Waals surface area contributed by atoms with Crippen LogP contribution in [0.2, 0.25) is 18.1 Å². The van der Waals surface area contributed by atoms with Crippen molar-refractivity contribution in [3.63, 3.8) is 0 Å². The third-order valence-electron chi connectivity index (χ3n) is 7.75. The van der Waals surface area contributed by atoms with Gasteiger partial charge in [-0.05, 0) is 30.1 Å². The maximum absolute atomic E-state index is 14.3. The highest BCUT2D eigenvalue weighted by molar-refractivity contribution is 6.74. The van der Waals surface area contributed by atoms with Gasteiger partial charge >= 0.3 is 11.9 Å². The zero-order chi connectivity index (χ0) is 32.5. The highest BCUT2D eigenvalue weighted by Gasteiger charge is 2.52. The topological polar surface area (TPSA) is 132 Å². The summed E-state index contributed by atoms with van der Waals surface area (Å²) in [4.78, 5) is 66.7. The minimum absolute atomic E-state index is 0.193. The molecule has 0 saturated carbocycles. The molecule has 0 saturated heterocycles. The van der Waals surface area contributed by atoms with Gasteiger partial charge in [0.2, 0.25) is 5.91 Å². The van der Waals surface area contributed by atoms with Crippen molar-refractivity contribution in [1.82, 2.24) is 19.4 Å². The molecule has 1 amide bonds. The Hall–Kier alpha value is -3.78. The van der Waals surface area contributed by atoms with Gasteiger partial charge in [-0.2, -0.15) is 13.2 Å². The summed E-state index contributed by atoms with van der Waals surface area (Å²) in [6.45, 7) is 10.6. The first-order chi connectivity index (χ1) is 19.7. The normalized spacial score (nSPS) is 14.1. The maximum atomic E-state index is 14.3. The number of benzene rings is 1. The van der Waals surface area contributed by atoms with Crippen molar-refractivity contribution in [1.29, 1.82) is 0 Å². The van der Waals surface area contributed by atoms with Gasteiger partial charge < -0.3 is 19.3 Å². The number of alkyl halides is 3. The predicted molar refractivity (Wildman–Crippen MR) is 159 cm³/mol. The number of carbonyl (C=O) groups excluding carboxylic acids is 2. The van der Waals surface area contributed by atoms with Crippen LogP contribution >= 0.6 is 0 Å². The molecule has 3 aromatic rings. The fourth-order valence-electron chi connectivity index (χ4n) is 4.23. The predicted octanol–water partition coefficient (Wildman–Crippen LogP) is 3.83. The second-order valence-electron chi connectivity index (χ2n) is 12.3. The number of halogens is 3. The number of carbonyl (C=O) groups is 2. The molecule has 0 aliphatic rings. The van der Waals surface area contributed by atoms with Gasteiger partial charge in [-0.1, -0.05) is 65.0 Å². The van der Waals surface area contributed by atoms with Gasteiger partial charge in [-0.3, -0.25) is 23.7 Å². The van der Waals surface area contributed by atoms with Crippen molar-refractivity contribution >= 4 is 30.9 Å². The van der Waals surface area contributed by atoms with E-state index in [-0.39, 0.29) is 10.9 Å². The van der Waals surface area contributed by atoms with Crippen LogP contribution < -0.4 is 22.1 Å². The first-order valence-corrected chi connectivity index (χ1v) is 16.6. The number of H-pyrrole nitrogens is 1. The highest BCUT2D eigenvalue weighted by Crippen LogP contribution is 2.41. The van der Waals surface area contributed by atoms with E-state index in [1.54, 1.807) is 31.3 Å². The van der Waals surface area contributed by atoms with Crippen LogP contribution in [0.3, 0.4) is 0 Å². The van der Waals surface area contributed by atoms with E-state index in [0.29, 0.717) is 4.57 Å². The molecule has 0 aliphatic heterocycles. The first-order valence-electron chi connectivity index (χ1n) is 13.7. The van der Waals surface area contributed by atoms with Gasteiger partial charge in [-0.15, -0.1) is 0 Å². The lowest BCUT2D eigenvalue weighted by atomic mass is 9.98. The molecule has 14 heteroatoms. The number of rotatable bonds is 10. The van der Waals surface area contributed by atoms with E-state index in [1.807, 2.05) is 20.8 Å². The van der Waals surface area contributed by atoms with Crippen molar-refractivity contribution < 1.29 is 27.2 Å². The van der Waals surface area contributed by atoms with Crippen molar-refractivity contribution in [2.45, 2.75) is 84.2 Å². The Bertz CT molecular complexity index is 1670. The minimum Gasteiger partial charge on any atom is -0.404 e. The van der Waals surface area contributed by atoms with Gasteiger partial charge in [0.25, 0.3) is 11.1 Å². The Morgan fingerprint density at radius 3 is 2.12 bits per heavy atom. The van der Waals surface area contributed by atoms with Gasteiger partial charge in [-0.25, -0.2) is 4.79 Å². The molecule has 10 nitrogen and oxygen atoms in total. The molecule has 0 spiro atoms. The van der Waals surface area contributed by atoms with E-state index in [1.165, 1.54) is 32.0 Å². The number of aromatic amines is 1. The van der Waals surface area contributed by atoms with Crippen LogP contribution in [0.1, 0.15) is 45.0 Å². The first kappa shape index (κ1) is 33.7. The van der Waals surface area contributed by atoms with E-state index in [2.05, 4.69) is 10.3 Å². The molecule has 3 rings (SSSR count). The number of nitrogens with zero attached hydrogens (tertiary/aromatic N) is 2. The summed E-state index contributed by atoms with van der Waals surface area (Å²) in [6, 6.07) is 7.79. The van der Waals surface area contributed by atoms with Crippen molar-refractivity contribution in [3.8, 4) is 0 Å². The van der Waals surface area contributed by atoms with Gasteiger partial charge in [0.15, 0.2) is 20.2 Å². The monoisotopic (exact) mass is 622 g/mol. The molecule has 1 aromatic carbocycles. The molecule has 2 aromatic heterocycles. The molecule has 234 valence electrons. The number of hydrogen-bond donors (Lipinski definition) is 2. The van der Waals surface area contributed by atoms with Crippen molar-refractivity contribution in [3.05, 3.63) is 79.4 Å². The number of hydrogen-bond acceptors (Lipinski definition) is 6. The van der Waals surface area contributed by atoms with Crippen LogP contribution in [0, 0.1) is 5.92 Å². The maximum Gasteiger partial charge on any atom is 0.415 e. The van der Waals surface area contributed by atoms with Crippen LogP contribution in [-0.4, -0.2) is 52.4 Å². The van der Waals surface area contributed by atoms with E-state index in [9.17, 15) is 37.1 Å². The van der Waals surface area contributed by atoms with E-state index in [0.717, 1.165) is 10.8 Å². The van der Waals surface area contributed by atoms with E-state index in [4.69, 9.17) is 4.43 Å². The summed E-state index contributed by atoms with van der Waals surface area (Å²) >= 11 is 0. The lowest BCUT2D eigenvalue weighted by Crippen LogP contribution is -2.59. The lowest BCUT2D eigenvalue weighted by molar-refractivity contribution is -0.210. The molecular formula is C29H37F3N4O6Si. The standard InChI is InChI=1S/C29H37F3N4O6Si/c1-17(2)22(24(29(30,31)32)42-43(6,7)28(3,4)5)33-21(38)16-35-14-13-19-23(26(35)40)34-27(41)36(25(19)39)15-20(37)18-11-9-8-10-12-18/h8-14,17,22,24H,15-16H2,1-7H3,(H,33,38)(H,34,41). The Morgan fingerprint density at radius 1 is 0.977 bits per heavy atom. The van der Waals surface area contributed by atoms with Gasteiger partial charge in [0.05, 0.1) is 18.0 Å². The molecule has 0 aliphatic carbocycles. The van der Waals surface area contributed by atoms with Crippen LogP contribution in [0.25, 0.3) is 10.9 Å². The average Bonchev–Trinajstić information content (AvgIpc) is 2.89.